The van der Waals surface area contributed by atoms with Crippen LogP contribution in [-0.4, -0.2) is 48.1 Å². The van der Waals surface area contributed by atoms with Gasteiger partial charge in [-0.1, -0.05) is 0 Å². The van der Waals surface area contributed by atoms with Gasteiger partial charge in [-0.05, 0) is 14.0 Å². The van der Waals surface area contributed by atoms with E-state index >= 15 is 0 Å². The summed E-state index contributed by atoms with van der Waals surface area (Å²) in [4.78, 5) is 12.2. The zero-order valence-corrected chi connectivity index (χ0v) is 8.25. The van der Waals surface area contributed by atoms with Gasteiger partial charge >= 0.3 is 0 Å². The zero-order valence-electron chi connectivity index (χ0n) is 8.25. The van der Waals surface area contributed by atoms with Crippen LogP contribution in [0.1, 0.15) is 5.69 Å². The third kappa shape index (κ3) is 1.83. The molecule has 2 rings (SSSR count). The molecular weight excluding hydrogens is 164 g/mol. The van der Waals surface area contributed by atoms with Crippen molar-refractivity contribution in [3.8, 4) is 0 Å². The largest absolute Gasteiger partial charge is 0.340 e. The minimum atomic E-state index is 1.02. The molecule has 0 unspecified atom stereocenters. The van der Waals surface area contributed by atoms with Gasteiger partial charge in [0.1, 0.15) is 0 Å². The van der Waals surface area contributed by atoms with Crippen molar-refractivity contribution in [2.45, 2.75) is 6.92 Å². The van der Waals surface area contributed by atoms with Crippen molar-refractivity contribution >= 4 is 5.95 Å². The third-order valence-corrected chi connectivity index (χ3v) is 2.49. The topological polar surface area (TPSA) is 35.2 Å². The summed E-state index contributed by atoms with van der Waals surface area (Å²) >= 11 is 0. The van der Waals surface area contributed by atoms with Gasteiger partial charge in [0.2, 0.25) is 5.95 Å². The first-order valence-corrected chi connectivity index (χ1v) is 4.71. The molecule has 13 heavy (non-hydrogen) atoms. The molecule has 1 aromatic rings. The Labute approximate surface area is 78.6 Å². The summed E-state index contributed by atoms with van der Waals surface area (Å²) in [5.41, 5.74) is 1.13. The molecule has 0 aromatic carbocycles. The van der Waals surface area contributed by atoms with Crippen molar-refractivity contribution in [2.24, 2.45) is 0 Å². The van der Waals surface area contributed by atoms with Gasteiger partial charge in [0.05, 0.1) is 0 Å². The molecule has 0 bridgehead atoms. The van der Waals surface area contributed by atoms with Crippen LogP contribution < -0.4 is 4.90 Å². The Balaban J connectivity index is 2.02. The van der Waals surface area contributed by atoms with Gasteiger partial charge in [-0.15, -0.1) is 0 Å². The number of hydrogen-bond acceptors (Lipinski definition) is 3. The maximum absolute atomic E-state index is 4.32. The average molecular weight is 180 g/mol. The zero-order chi connectivity index (χ0) is 9.26. The highest BCUT2D eigenvalue weighted by Crippen LogP contribution is 2.10. The van der Waals surface area contributed by atoms with Crippen molar-refractivity contribution < 1.29 is 0 Å². The molecule has 1 aliphatic heterocycles. The van der Waals surface area contributed by atoms with Crippen LogP contribution in [-0.2, 0) is 0 Å². The quantitative estimate of drug-likeness (QED) is 0.682. The second-order valence-electron chi connectivity index (χ2n) is 3.68. The fourth-order valence-electron chi connectivity index (χ4n) is 1.58. The van der Waals surface area contributed by atoms with Crippen molar-refractivity contribution in [3.63, 3.8) is 0 Å². The van der Waals surface area contributed by atoms with Gasteiger partial charge in [0.25, 0.3) is 0 Å². The highest BCUT2D eigenvalue weighted by Gasteiger charge is 2.15. The standard InChI is InChI=1S/C9H16N4/c1-8-7-10-9(11-8)13-5-3-12(2)4-6-13/h7H,3-6H2,1-2H3,(H,10,11). The lowest BCUT2D eigenvalue weighted by Crippen LogP contribution is -2.44. The van der Waals surface area contributed by atoms with E-state index in [4.69, 9.17) is 0 Å². The summed E-state index contributed by atoms with van der Waals surface area (Å²) < 4.78 is 0. The Bertz CT molecular complexity index is 273. The van der Waals surface area contributed by atoms with Crippen LogP contribution >= 0.6 is 0 Å². The molecule has 0 aliphatic carbocycles. The molecule has 1 aromatic heterocycles. The van der Waals surface area contributed by atoms with E-state index < -0.39 is 0 Å². The molecule has 0 amide bonds. The Hall–Kier alpha value is -1.03. The van der Waals surface area contributed by atoms with Gasteiger partial charge in [-0.25, -0.2) is 4.98 Å². The summed E-state index contributed by atoms with van der Waals surface area (Å²) in [5.74, 6) is 1.02. The number of nitrogens with zero attached hydrogens (tertiary/aromatic N) is 3. The number of hydrogen-bond donors (Lipinski definition) is 1. The second-order valence-corrected chi connectivity index (χ2v) is 3.68. The van der Waals surface area contributed by atoms with Crippen LogP contribution in [0.4, 0.5) is 5.95 Å². The minimum absolute atomic E-state index is 1.02. The first-order chi connectivity index (χ1) is 6.25. The summed E-state index contributed by atoms with van der Waals surface area (Å²) in [6.07, 6.45) is 1.88. The fraction of sp³-hybridized carbons (Fsp3) is 0.667. The molecule has 1 fully saturated rings. The smallest absolute Gasteiger partial charge is 0.203 e. The number of H-pyrrole nitrogens is 1. The van der Waals surface area contributed by atoms with E-state index in [-0.39, 0.29) is 0 Å². The molecule has 0 saturated carbocycles. The maximum atomic E-state index is 4.32. The number of anilines is 1. The molecule has 0 spiro atoms. The summed E-state index contributed by atoms with van der Waals surface area (Å²) in [6, 6.07) is 0. The summed E-state index contributed by atoms with van der Waals surface area (Å²) in [6.45, 7) is 6.43. The number of aromatic amines is 1. The van der Waals surface area contributed by atoms with Crippen molar-refractivity contribution in [1.82, 2.24) is 14.9 Å². The number of aromatic nitrogens is 2. The normalized spacial score (nSPS) is 19.4. The Kier molecular flexibility index (Phi) is 2.22. The molecule has 4 nitrogen and oxygen atoms in total. The van der Waals surface area contributed by atoms with E-state index in [0.717, 1.165) is 37.8 Å². The molecule has 0 radical (unpaired) electrons. The van der Waals surface area contributed by atoms with Crippen molar-refractivity contribution in [3.05, 3.63) is 11.9 Å². The number of piperazine rings is 1. The van der Waals surface area contributed by atoms with E-state index in [0.29, 0.717) is 0 Å². The van der Waals surface area contributed by atoms with Gasteiger partial charge < -0.3 is 14.8 Å². The molecule has 0 atom stereocenters. The van der Waals surface area contributed by atoms with Crippen molar-refractivity contribution in [1.29, 1.82) is 0 Å². The first-order valence-electron chi connectivity index (χ1n) is 4.71. The highest BCUT2D eigenvalue weighted by molar-refractivity contribution is 5.31. The van der Waals surface area contributed by atoms with Crippen LogP contribution in [0.3, 0.4) is 0 Å². The molecular formula is C9H16N4. The Morgan fingerprint density at radius 3 is 2.54 bits per heavy atom. The Morgan fingerprint density at radius 1 is 1.31 bits per heavy atom. The first kappa shape index (κ1) is 8.56. The molecule has 1 saturated heterocycles. The highest BCUT2D eigenvalue weighted by atomic mass is 15.3. The van der Waals surface area contributed by atoms with Crippen LogP contribution in [0.5, 0.6) is 0 Å². The van der Waals surface area contributed by atoms with Crippen LogP contribution in [0.25, 0.3) is 0 Å². The minimum Gasteiger partial charge on any atom is -0.340 e. The SMILES string of the molecule is Cc1cnc(N2CCN(C)CC2)[nH]1. The lowest BCUT2D eigenvalue weighted by Gasteiger charge is -2.32. The van der Waals surface area contributed by atoms with Gasteiger partial charge in [0.15, 0.2) is 0 Å². The average Bonchev–Trinajstić information content (AvgIpc) is 2.53. The number of nitrogens with one attached hydrogen (secondary N) is 1. The van der Waals surface area contributed by atoms with E-state index in [2.05, 4.69) is 26.8 Å². The van der Waals surface area contributed by atoms with Crippen LogP contribution in [0.2, 0.25) is 0 Å². The predicted octanol–water partition coefficient (Wildman–Crippen LogP) is 0.470. The molecule has 1 N–H and O–H groups in total. The fourth-order valence-corrected chi connectivity index (χ4v) is 1.58. The predicted molar refractivity (Wildman–Crippen MR) is 53.0 cm³/mol. The number of rotatable bonds is 1. The third-order valence-electron chi connectivity index (χ3n) is 2.49. The lowest BCUT2D eigenvalue weighted by molar-refractivity contribution is 0.311. The monoisotopic (exact) mass is 180 g/mol. The van der Waals surface area contributed by atoms with E-state index in [9.17, 15) is 0 Å². The molecule has 1 aliphatic rings. The molecule has 72 valence electrons. The molecule has 2 heterocycles. The van der Waals surface area contributed by atoms with Gasteiger partial charge in [-0.3, -0.25) is 0 Å². The second kappa shape index (κ2) is 3.38. The maximum Gasteiger partial charge on any atom is 0.203 e. The van der Waals surface area contributed by atoms with Crippen LogP contribution in [0.15, 0.2) is 6.20 Å². The van der Waals surface area contributed by atoms with Crippen LogP contribution in [0, 0.1) is 6.92 Å². The van der Waals surface area contributed by atoms with Gasteiger partial charge in [-0.2, -0.15) is 0 Å². The van der Waals surface area contributed by atoms with E-state index in [1.54, 1.807) is 0 Å². The molecule has 4 heteroatoms. The van der Waals surface area contributed by atoms with E-state index in [1.165, 1.54) is 0 Å². The van der Waals surface area contributed by atoms with E-state index in [1.807, 2.05) is 13.1 Å². The number of imidazole rings is 1. The van der Waals surface area contributed by atoms with Gasteiger partial charge in [0, 0.05) is 38.1 Å². The number of aryl methyl sites for hydroxylation is 1. The number of likely N-dealkylation sites (N-methyl/N-ethyl adjacent to an activating group) is 1. The van der Waals surface area contributed by atoms with Crippen molar-refractivity contribution in [2.75, 3.05) is 38.1 Å². The summed E-state index contributed by atoms with van der Waals surface area (Å²) in [7, 11) is 2.16. The summed E-state index contributed by atoms with van der Waals surface area (Å²) in [5, 5.41) is 0. The Morgan fingerprint density at radius 2 is 2.00 bits per heavy atom. The lowest BCUT2D eigenvalue weighted by atomic mass is 10.3.